The van der Waals surface area contributed by atoms with Crippen LogP contribution in [0.3, 0.4) is 0 Å². The van der Waals surface area contributed by atoms with Gasteiger partial charge in [-0.1, -0.05) is 30.3 Å². The van der Waals surface area contributed by atoms with Gasteiger partial charge in [0.1, 0.15) is 5.60 Å². The molecule has 0 bridgehead atoms. The highest BCUT2D eigenvalue weighted by Crippen LogP contribution is 2.46. The third-order valence-corrected chi connectivity index (χ3v) is 6.93. The van der Waals surface area contributed by atoms with Crippen molar-refractivity contribution >= 4 is 29.1 Å². The van der Waals surface area contributed by atoms with Crippen molar-refractivity contribution < 1.29 is 19.5 Å². The third-order valence-electron chi connectivity index (χ3n) is 6.93. The zero-order chi connectivity index (χ0) is 22.5. The Morgan fingerprint density at radius 3 is 2.62 bits per heavy atom. The van der Waals surface area contributed by atoms with E-state index in [0.717, 1.165) is 54.6 Å². The largest absolute Gasteiger partial charge is 0.383 e. The van der Waals surface area contributed by atoms with E-state index in [9.17, 15) is 19.5 Å². The summed E-state index contributed by atoms with van der Waals surface area (Å²) in [5.74, 6) is -1.68. The summed E-state index contributed by atoms with van der Waals surface area (Å²) in [6, 6.07) is 12.9. The Labute approximate surface area is 186 Å². The van der Waals surface area contributed by atoms with Gasteiger partial charge >= 0.3 is 11.8 Å². The van der Waals surface area contributed by atoms with Crippen LogP contribution in [0.25, 0.3) is 0 Å². The van der Waals surface area contributed by atoms with Gasteiger partial charge in [0.25, 0.3) is 0 Å². The van der Waals surface area contributed by atoms with Crippen molar-refractivity contribution in [3.05, 3.63) is 59.2 Å². The number of benzene rings is 2. The Morgan fingerprint density at radius 1 is 1.16 bits per heavy atom. The molecule has 1 saturated carbocycles. The van der Waals surface area contributed by atoms with Crippen LogP contribution in [0.15, 0.2) is 42.5 Å². The molecular weight excluding hydrogens is 406 g/mol. The van der Waals surface area contributed by atoms with Crippen LogP contribution in [0.1, 0.15) is 48.8 Å². The van der Waals surface area contributed by atoms with Gasteiger partial charge in [0.05, 0.1) is 18.2 Å². The van der Waals surface area contributed by atoms with Gasteiger partial charge < -0.3 is 20.6 Å². The molecule has 2 atom stereocenters. The number of anilines is 2. The fourth-order valence-corrected chi connectivity index (χ4v) is 5.02. The maximum atomic E-state index is 12.6. The van der Waals surface area contributed by atoms with Crippen molar-refractivity contribution in [3.8, 4) is 0 Å². The lowest BCUT2D eigenvalue weighted by Crippen LogP contribution is -2.45. The topological polar surface area (TPSA) is 98.7 Å². The Hall–Kier alpha value is -3.19. The highest BCUT2D eigenvalue weighted by molar-refractivity contribution is 6.39. The lowest BCUT2D eigenvalue weighted by Gasteiger charge is -2.29. The minimum absolute atomic E-state index is 0.0239. The fraction of sp³-hybridized carbons (Fsp3) is 0.400. The third kappa shape index (κ3) is 3.46. The maximum Gasteiger partial charge on any atom is 0.313 e. The van der Waals surface area contributed by atoms with Crippen LogP contribution in [0, 0.1) is 5.92 Å². The molecule has 7 nitrogen and oxygen atoms in total. The van der Waals surface area contributed by atoms with Crippen LogP contribution in [-0.2, 0) is 26.4 Å². The second kappa shape index (κ2) is 7.74. The molecule has 2 aromatic carbocycles. The number of carbonyl (C=O) groups is 3. The number of hydrogen-bond acceptors (Lipinski definition) is 4. The van der Waals surface area contributed by atoms with Crippen LogP contribution >= 0.6 is 0 Å². The van der Waals surface area contributed by atoms with Gasteiger partial charge in [-0.05, 0) is 67.3 Å². The predicted molar refractivity (Wildman–Crippen MR) is 120 cm³/mol. The Morgan fingerprint density at radius 2 is 1.91 bits per heavy atom. The van der Waals surface area contributed by atoms with Crippen molar-refractivity contribution in [2.45, 2.75) is 44.1 Å². The van der Waals surface area contributed by atoms with E-state index < -0.39 is 17.4 Å². The molecule has 0 saturated heterocycles. The van der Waals surface area contributed by atoms with Crippen molar-refractivity contribution in [1.82, 2.24) is 5.32 Å². The molecule has 166 valence electrons. The van der Waals surface area contributed by atoms with Crippen molar-refractivity contribution in [2.75, 3.05) is 23.3 Å². The number of nitrogens with zero attached hydrogens (tertiary/aromatic N) is 1. The van der Waals surface area contributed by atoms with E-state index >= 15 is 0 Å². The number of nitrogens with one attached hydrogen (secondary N) is 2. The highest BCUT2D eigenvalue weighted by Gasteiger charge is 2.45. The number of amides is 3. The normalized spacial score (nSPS) is 21.0. The molecule has 2 heterocycles. The summed E-state index contributed by atoms with van der Waals surface area (Å²) >= 11 is 0. The van der Waals surface area contributed by atoms with Gasteiger partial charge in [-0.2, -0.15) is 0 Å². The van der Waals surface area contributed by atoms with E-state index in [-0.39, 0.29) is 24.3 Å². The van der Waals surface area contributed by atoms with Gasteiger partial charge in [0, 0.05) is 12.2 Å². The average Bonchev–Trinajstić information content (AvgIpc) is 3.64. The second-order valence-corrected chi connectivity index (χ2v) is 9.09. The minimum atomic E-state index is -1.19. The summed E-state index contributed by atoms with van der Waals surface area (Å²) in [4.78, 5) is 39.5. The lowest BCUT2D eigenvalue weighted by atomic mass is 9.88. The quantitative estimate of drug-likeness (QED) is 0.631. The first kappa shape index (κ1) is 20.7. The number of aryl methyl sites for hydroxylation is 1. The number of carbonyl (C=O) groups excluding carboxylic acids is 3. The molecule has 1 fully saturated rings. The molecular formula is C25H27N3O4. The van der Waals surface area contributed by atoms with Gasteiger partial charge in [0.2, 0.25) is 5.91 Å². The summed E-state index contributed by atoms with van der Waals surface area (Å²) in [5.41, 5.74) is 2.96. The van der Waals surface area contributed by atoms with Crippen LogP contribution in [-0.4, -0.2) is 35.9 Å². The van der Waals surface area contributed by atoms with Crippen LogP contribution in [0.5, 0.6) is 0 Å². The monoisotopic (exact) mass is 433 g/mol. The smallest absolute Gasteiger partial charge is 0.313 e. The molecule has 2 aliphatic heterocycles. The summed E-state index contributed by atoms with van der Waals surface area (Å²) in [5, 5.41) is 16.5. The fourth-order valence-electron chi connectivity index (χ4n) is 5.02. The molecule has 32 heavy (non-hydrogen) atoms. The molecule has 7 heteroatoms. The minimum Gasteiger partial charge on any atom is -0.383 e. The van der Waals surface area contributed by atoms with E-state index in [1.54, 1.807) is 6.07 Å². The summed E-state index contributed by atoms with van der Waals surface area (Å²) in [6.45, 7) is 2.57. The SMILES string of the molecule is C[C@@H]1C(=O)N2CCCc3cc(NC(=O)C(=O)NC[C@](O)(c4ccccc4)C4CC4)cc1c32. The molecule has 3 amide bonds. The summed E-state index contributed by atoms with van der Waals surface area (Å²) < 4.78 is 0. The molecule has 0 aromatic heterocycles. The second-order valence-electron chi connectivity index (χ2n) is 9.09. The Balaban J connectivity index is 1.29. The average molecular weight is 434 g/mol. The standard InChI is InChI=1S/C25H27N3O4/c1-15-20-13-19(12-16-6-5-11-28(21(16)20)24(15)31)27-23(30)22(29)26-14-25(32,18-9-10-18)17-7-3-2-4-8-17/h2-4,7-8,12-13,15,18,32H,5-6,9-11,14H2,1H3,(H,26,29)(H,27,30)/t15-,25-/m0/s1. The molecule has 0 spiro atoms. The van der Waals surface area contributed by atoms with Crippen LogP contribution < -0.4 is 15.5 Å². The molecule has 0 radical (unpaired) electrons. The predicted octanol–water partition coefficient (Wildman–Crippen LogP) is 2.44. The van der Waals surface area contributed by atoms with Gasteiger partial charge in [-0.25, -0.2) is 0 Å². The molecule has 5 rings (SSSR count). The summed E-state index contributed by atoms with van der Waals surface area (Å²) in [7, 11) is 0. The summed E-state index contributed by atoms with van der Waals surface area (Å²) in [6.07, 6.45) is 3.49. The van der Waals surface area contributed by atoms with E-state index in [1.807, 2.05) is 48.2 Å². The zero-order valence-corrected chi connectivity index (χ0v) is 18.1. The van der Waals surface area contributed by atoms with Crippen LogP contribution in [0.4, 0.5) is 11.4 Å². The first-order valence-electron chi connectivity index (χ1n) is 11.2. The number of rotatable bonds is 5. The number of aliphatic hydroxyl groups is 1. The highest BCUT2D eigenvalue weighted by atomic mass is 16.3. The van der Waals surface area contributed by atoms with E-state index in [0.29, 0.717) is 5.69 Å². The Bertz CT molecular complexity index is 1100. The number of hydrogen-bond donors (Lipinski definition) is 3. The van der Waals surface area contributed by atoms with Crippen LogP contribution in [0.2, 0.25) is 0 Å². The zero-order valence-electron chi connectivity index (χ0n) is 18.1. The first-order valence-corrected chi connectivity index (χ1v) is 11.2. The van der Waals surface area contributed by atoms with E-state index in [2.05, 4.69) is 10.6 Å². The first-order chi connectivity index (χ1) is 15.4. The van der Waals surface area contributed by atoms with E-state index in [4.69, 9.17) is 0 Å². The van der Waals surface area contributed by atoms with Gasteiger partial charge in [-0.15, -0.1) is 0 Å². The molecule has 3 aliphatic rings. The van der Waals surface area contributed by atoms with E-state index in [1.165, 1.54) is 0 Å². The molecule has 0 unspecified atom stereocenters. The van der Waals surface area contributed by atoms with Gasteiger partial charge in [0.15, 0.2) is 0 Å². The Kier molecular flexibility index (Phi) is 5.01. The van der Waals surface area contributed by atoms with Crippen molar-refractivity contribution in [3.63, 3.8) is 0 Å². The molecule has 2 aromatic rings. The van der Waals surface area contributed by atoms with Crippen molar-refractivity contribution in [2.24, 2.45) is 5.92 Å². The van der Waals surface area contributed by atoms with Crippen molar-refractivity contribution in [1.29, 1.82) is 0 Å². The van der Waals surface area contributed by atoms with Gasteiger partial charge in [-0.3, -0.25) is 14.4 Å². The molecule has 3 N–H and O–H groups in total. The molecule has 1 aliphatic carbocycles. The lowest BCUT2D eigenvalue weighted by molar-refractivity contribution is -0.137. The maximum absolute atomic E-state index is 12.6.